The fourth-order valence-electron chi connectivity index (χ4n) is 4.05. The minimum Gasteiger partial charge on any atom is -0.461 e. The summed E-state index contributed by atoms with van der Waals surface area (Å²) in [4.78, 5) is 27.6. The average Bonchev–Trinajstić information content (AvgIpc) is 3.46. The lowest BCUT2D eigenvalue weighted by Crippen LogP contribution is -2.46. The molecule has 0 spiro atoms. The molecule has 3 atom stereocenters. The number of furan rings is 1. The van der Waals surface area contributed by atoms with E-state index in [-0.39, 0.29) is 23.0 Å². The number of aryl methyl sites for hydroxylation is 1. The molecule has 0 radical (unpaired) electrons. The number of aliphatic hydroxyl groups is 1. The molecule has 168 valence electrons. The summed E-state index contributed by atoms with van der Waals surface area (Å²) >= 11 is 0. The third-order valence-corrected chi connectivity index (χ3v) is 5.67. The van der Waals surface area contributed by atoms with Crippen molar-refractivity contribution in [2.45, 2.75) is 37.4 Å². The summed E-state index contributed by atoms with van der Waals surface area (Å²) < 4.78 is 45.6. The van der Waals surface area contributed by atoms with E-state index in [0.29, 0.717) is 23.2 Å². The maximum Gasteiger partial charge on any atom is 0.433 e. The predicted molar refractivity (Wildman–Crippen MR) is 108 cm³/mol. The number of nitrogens with two attached hydrogens (primary N) is 1. The largest absolute Gasteiger partial charge is 0.461 e. The third-order valence-electron chi connectivity index (χ3n) is 5.67. The Morgan fingerprint density at radius 3 is 2.72 bits per heavy atom. The van der Waals surface area contributed by atoms with Gasteiger partial charge in [-0.15, -0.1) is 0 Å². The number of nitrogens with one attached hydrogen (secondary N) is 1. The van der Waals surface area contributed by atoms with Crippen LogP contribution in [0.1, 0.15) is 51.2 Å². The monoisotopic (exact) mass is 447 g/mol. The minimum atomic E-state index is -4.54. The van der Waals surface area contributed by atoms with Gasteiger partial charge in [0.25, 0.3) is 5.91 Å². The molecule has 1 fully saturated rings. The van der Waals surface area contributed by atoms with Gasteiger partial charge >= 0.3 is 6.18 Å². The number of aromatic nitrogens is 1. The van der Waals surface area contributed by atoms with E-state index in [4.69, 9.17) is 10.2 Å². The second-order valence-electron chi connectivity index (χ2n) is 7.79. The van der Waals surface area contributed by atoms with Crippen LogP contribution in [0.15, 0.2) is 40.9 Å². The van der Waals surface area contributed by atoms with Crippen LogP contribution in [0.3, 0.4) is 0 Å². The standard InChI is InChI=1S/C22H20F3N3O4/c1-10-18(21(31)28-16(9-29)20(26)30)15-7-11(4-5-17(15)32-10)13-8-14(13)12-3-2-6-27-19(12)22(23,24)25/h2-7,13-14,16,29H,8-9H2,1H3,(H2,26,30)(H,28,31)/t13?,14?,16-/m0/s1. The van der Waals surface area contributed by atoms with Crippen LogP contribution in [-0.4, -0.2) is 34.6 Å². The van der Waals surface area contributed by atoms with Gasteiger partial charge in [-0.3, -0.25) is 14.6 Å². The van der Waals surface area contributed by atoms with Crippen molar-refractivity contribution in [1.29, 1.82) is 0 Å². The number of benzene rings is 1. The highest BCUT2D eigenvalue weighted by atomic mass is 19.4. The lowest BCUT2D eigenvalue weighted by atomic mass is 10.0. The lowest BCUT2D eigenvalue weighted by Gasteiger charge is -2.12. The molecule has 4 N–H and O–H groups in total. The van der Waals surface area contributed by atoms with Gasteiger partial charge in [0.2, 0.25) is 5.91 Å². The Morgan fingerprint density at radius 2 is 2.06 bits per heavy atom. The maximum atomic E-state index is 13.3. The highest BCUT2D eigenvalue weighted by molar-refractivity contribution is 6.08. The highest BCUT2D eigenvalue weighted by Crippen LogP contribution is 2.56. The summed E-state index contributed by atoms with van der Waals surface area (Å²) in [5.74, 6) is -1.72. The molecule has 7 nitrogen and oxygen atoms in total. The van der Waals surface area contributed by atoms with Gasteiger partial charge in [-0.25, -0.2) is 0 Å². The van der Waals surface area contributed by atoms with E-state index in [9.17, 15) is 27.9 Å². The topological polar surface area (TPSA) is 118 Å². The number of amides is 2. The second kappa shape index (κ2) is 7.94. The number of rotatable bonds is 6. The average molecular weight is 447 g/mol. The quantitative estimate of drug-likeness (QED) is 0.537. The zero-order chi connectivity index (χ0) is 23.2. The van der Waals surface area contributed by atoms with Crippen LogP contribution < -0.4 is 11.1 Å². The lowest BCUT2D eigenvalue weighted by molar-refractivity contribution is -0.141. The van der Waals surface area contributed by atoms with Gasteiger partial charge in [-0.05, 0) is 54.5 Å². The van der Waals surface area contributed by atoms with Gasteiger partial charge in [0.05, 0.1) is 12.2 Å². The van der Waals surface area contributed by atoms with Gasteiger partial charge in [-0.1, -0.05) is 12.1 Å². The number of hydrogen-bond acceptors (Lipinski definition) is 5. The van der Waals surface area contributed by atoms with Crippen molar-refractivity contribution >= 4 is 22.8 Å². The van der Waals surface area contributed by atoms with Crippen molar-refractivity contribution < 1.29 is 32.3 Å². The van der Waals surface area contributed by atoms with E-state index in [2.05, 4.69) is 10.3 Å². The van der Waals surface area contributed by atoms with Crippen molar-refractivity contribution in [1.82, 2.24) is 10.3 Å². The summed E-state index contributed by atoms with van der Waals surface area (Å²) in [5, 5.41) is 12.1. The van der Waals surface area contributed by atoms with Crippen molar-refractivity contribution in [3.63, 3.8) is 0 Å². The fourth-order valence-corrected chi connectivity index (χ4v) is 4.05. The van der Waals surface area contributed by atoms with Gasteiger partial charge < -0.3 is 20.6 Å². The summed E-state index contributed by atoms with van der Waals surface area (Å²) in [6.07, 6.45) is -2.89. The summed E-state index contributed by atoms with van der Waals surface area (Å²) in [6, 6.07) is 6.82. The molecule has 3 aromatic rings. The molecule has 4 rings (SSSR count). The van der Waals surface area contributed by atoms with Gasteiger partial charge in [0, 0.05) is 11.6 Å². The Kier molecular flexibility index (Phi) is 5.41. The Balaban J connectivity index is 1.65. The molecule has 1 saturated carbocycles. The van der Waals surface area contributed by atoms with E-state index in [1.165, 1.54) is 12.1 Å². The van der Waals surface area contributed by atoms with Crippen LogP contribution in [0.25, 0.3) is 11.0 Å². The Bertz CT molecular complexity index is 1200. The first-order chi connectivity index (χ1) is 15.1. The van der Waals surface area contributed by atoms with Gasteiger partial charge in [-0.2, -0.15) is 13.2 Å². The number of pyridine rings is 1. The predicted octanol–water partition coefficient (Wildman–Crippen LogP) is 3.00. The molecular weight excluding hydrogens is 427 g/mol. The van der Waals surface area contributed by atoms with E-state index in [0.717, 1.165) is 11.8 Å². The molecule has 1 aromatic carbocycles. The first kappa shape index (κ1) is 21.8. The highest BCUT2D eigenvalue weighted by Gasteiger charge is 2.46. The molecule has 0 saturated heterocycles. The Labute approximate surface area is 180 Å². The first-order valence-electron chi connectivity index (χ1n) is 9.88. The van der Waals surface area contributed by atoms with E-state index >= 15 is 0 Å². The van der Waals surface area contributed by atoms with Crippen LogP contribution in [0.4, 0.5) is 13.2 Å². The minimum absolute atomic E-state index is 0.152. The smallest absolute Gasteiger partial charge is 0.433 e. The molecular formula is C22H20F3N3O4. The molecule has 1 aliphatic rings. The number of carbonyl (C=O) groups is 2. The molecule has 0 aliphatic heterocycles. The third kappa shape index (κ3) is 3.93. The van der Waals surface area contributed by atoms with Crippen molar-refractivity contribution in [2.24, 2.45) is 5.73 Å². The molecule has 10 heteroatoms. The number of fused-ring (bicyclic) bond motifs is 1. The van der Waals surface area contributed by atoms with Crippen LogP contribution in [0.2, 0.25) is 0 Å². The van der Waals surface area contributed by atoms with Crippen molar-refractivity contribution in [3.8, 4) is 0 Å². The number of nitrogens with zero attached hydrogens (tertiary/aromatic N) is 1. The number of carbonyl (C=O) groups excluding carboxylic acids is 2. The molecule has 2 aromatic heterocycles. The number of aliphatic hydroxyl groups excluding tert-OH is 1. The molecule has 2 amide bonds. The van der Waals surface area contributed by atoms with Crippen LogP contribution in [-0.2, 0) is 11.0 Å². The van der Waals surface area contributed by atoms with Crippen LogP contribution >= 0.6 is 0 Å². The SMILES string of the molecule is Cc1oc2ccc(C3CC3c3cccnc3C(F)(F)F)cc2c1C(=O)N[C@@H](CO)C(N)=O. The van der Waals surface area contributed by atoms with E-state index in [1.807, 2.05) is 0 Å². The number of alkyl halides is 3. The van der Waals surface area contributed by atoms with Crippen molar-refractivity contribution in [3.05, 3.63) is 64.7 Å². The Morgan fingerprint density at radius 1 is 1.31 bits per heavy atom. The Hall–Kier alpha value is -3.40. The number of primary amides is 1. The molecule has 32 heavy (non-hydrogen) atoms. The maximum absolute atomic E-state index is 13.3. The fraction of sp³-hybridized carbons (Fsp3) is 0.318. The van der Waals surface area contributed by atoms with Crippen LogP contribution in [0, 0.1) is 6.92 Å². The summed E-state index contributed by atoms with van der Waals surface area (Å²) in [7, 11) is 0. The normalized spacial score (nSPS) is 19.0. The molecule has 2 unspecified atom stereocenters. The molecule has 0 bridgehead atoms. The van der Waals surface area contributed by atoms with Gasteiger partial charge in [0.15, 0.2) is 0 Å². The number of halogens is 3. The van der Waals surface area contributed by atoms with E-state index in [1.54, 1.807) is 25.1 Å². The summed E-state index contributed by atoms with van der Waals surface area (Å²) in [5.41, 5.74) is 5.80. The van der Waals surface area contributed by atoms with Gasteiger partial charge in [0.1, 0.15) is 23.1 Å². The summed E-state index contributed by atoms with van der Waals surface area (Å²) in [6.45, 7) is 0.926. The zero-order valence-corrected chi connectivity index (χ0v) is 16.9. The van der Waals surface area contributed by atoms with Crippen LogP contribution in [0.5, 0.6) is 0 Å². The van der Waals surface area contributed by atoms with E-state index < -0.39 is 36.3 Å². The van der Waals surface area contributed by atoms with Crippen molar-refractivity contribution in [2.75, 3.05) is 6.61 Å². The number of hydrogen-bond donors (Lipinski definition) is 3. The first-order valence-corrected chi connectivity index (χ1v) is 9.88. The zero-order valence-electron chi connectivity index (χ0n) is 16.9. The molecule has 2 heterocycles. The molecule has 1 aliphatic carbocycles. The second-order valence-corrected chi connectivity index (χ2v) is 7.79.